The minimum Gasteiger partial charge on any atom is -0.477 e. The number of aromatic carboxylic acids is 1. The standard InChI is InChI=1S/C15H14N4O4S/c1-8-13(15(20)21)14(19-18-8)17-12-5-6-16-11-4-3-9(7-10(11)12)24(2,22)23/h3-7H,1-2H3,(H,20,21)(H2,16,17,18,19). The first-order chi connectivity index (χ1) is 11.3. The average molecular weight is 346 g/mol. The number of anilines is 2. The summed E-state index contributed by atoms with van der Waals surface area (Å²) >= 11 is 0. The molecule has 0 spiro atoms. The first-order valence-corrected chi connectivity index (χ1v) is 8.80. The molecule has 3 rings (SSSR count). The van der Waals surface area contributed by atoms with Crippen LogP contribution in [0, 0.1) is 6.92 Å². The van der Waals surface area contributed by atoms with Gasteiger partial charge in [0.15, 0.2) is 15.7 Å². The van der Waals surface area contributed by atoms with Crippen LogP contribution in [-0.2, 0) is 9.84 Å². The molecule has 24 heavy (non-hydrogen) atoms. The van der Waals surface area contributed by atoms with Crippen LogP contribution in [0.25, 0.3) is 10.9 Å². The van der Waals surface area contributed by atoms with Crippen molar-refractivity contribution in [2.75, 3.05) is 11.6 Å². The second kappa shape index (κ2) is 5.60. The van der Waals surface area contributed by atoms with E-state index in [1.807, 2.05) is 0 Å². The van der Waals surface area contributed by atoms with Crippen LogP contribution < -0.4 is 5.32 Å². The van der Waals surface area contributed by atoms with E-state index in [1.165, 1.54) is 12.1 Å². The number of hydrogen-bond donors (Lipinski definition) is 3. The van der Waals surface area contributed by atoms with Crippen LogP contribution in [0.5, 0.6) is 0 Å². The maximum absolute atomic E-state index is 11.8. The van der Waals surface area contributed by atoms with Gasteiger partial charge < -0.3 is 10.4 Å². The number of carboxylic acids is 1. The van der Waals surface area contributed by atoms with Crippen molar-refractivity contribution >= 4 is 38.2 Å². The molecule has 0 radical (unpaired) electrons. The normalized spacial score (nSPS) is 11.6. The molecule has 3 N–H and O–H groups in total. The third-order valence-electron chi connectivity index (χ3n) is 3.56. The zero-order valence-electron chi connectivity index (χ0n) is 12.9. The summed E-state index contributed by atoms with van der Waals surface area (Å²) in [5.74, 6) is -0.962. The lowest BCUT2D eigenvalue weighted by molar-refractivity contribution is 0.0697. The molecule has 2 heterocycles. The fraction of sp³-hybridized carbons (Fsp3) is 0.133. The first-order valence-electron chi connectivity index (χ1n) is 6.91. The lowest BCUT2D eigenvalue weighted by atomic mass is 10.1. The molecule has 8 nitrogen and oxygen atoms in total. The highest BCUT2D eigenvalue weighted by molar-refractivity contribution is 7.90. The van der Waals surface area contributed by atoms with Gasteiger partial charge in [0, 0.05) is 23.5 Å². The lowest BCUT2D eigenvalue weighted by Gasteiger charge is -2.09. The molecule has 1 aromatic carbocycles. The van der Waals surface area contributed by atoms with Crippen LogP contribution in [0.1, 0.15) is 16.1 Å². The summed E-state index contributed by atoms with van der Waals surface area (Å²) in [6, 6.07) is 6.21. The van der Waals surface area contributed by atoms with Gasteiger partial charge in [0.1, 0.15) is 5.56 Å². The summed E-state index contributed by atoms with van der Waals surface area (Å²) in [4.78, 5) is 15.7. The van der Waals surface area contributed by atoms with Crippen molar-refractivity contribution < 1.29 is 18.3 Å². The Kier molecular flexibility index (Phi) is 3.72. The van der Waals surface area contributed by atoms with Gasteiger partial charge in [-0.3, -0.25) is 10.1 Å². The Morgan fingerprint density at radius 3 is 2.71 bits per heavy atom. The van der Waals surface area contributed by atoms with E-state index in [0.29, 0.717) is 22.3 Å². The molecular formula is C15H14N4O4S. The summed E-state index contributed by atoms with van der Waals surface area (Å²) in [6.45, 7) is 1.61. The monoisotopic (exact) mass is 346 g/mol. The van der Waals surface area contributed by atoms with E-state index in [0.717, 1.165) is 6.26 Å². The maximum Gasteiger partial charge on any atom is 0.341 e. The summed E-state index contributed by atoms with van der Waals surface area (Å²) < 4.78 is 23.5. The Morgan fingerprint density at radius 2 is 2.04 bits per heavy atom. The van der Waals surface area contributed by atoms with Crippen molar-refractivity contribution in [3.8, 4) is 0 Å². The topological polar surface area (TPSA) is 125 Å². The van der Waals surface area contributed by atoms with Crippen LogP contribution in [0.3, 0.4) is 0 Å². The Morgan fingerprint density at radius 1 is 1.29 bits per heavy atom. The molecule has 0 aliphatic carbocycles. The Bertz CT molecular complexity index is 1060. The summed E-state index contributed by atoms with van der Waals surface area (Å²) in [7, 11) is -3.37. The molecular weight excluding hydrogens is 332 g/mol. The summed E-state index contributed by atoms with van der Waals surface area (Å²) in [5.41, 5.74) is 1.54. The zero-order valence-corrected chi connectivity index (χ0v) is 13.7. The van der Waals surface area contributed by atoms with Crippen LogP contribution in [0.4, 0.5) is 11.5 Å². The largest absolute Gasteiger partial charge is 0.477 e. The van der Waals surface area contributed by atoms with E-state index in [4.69, 9.17) is 0 Å². The average Bonchev–Trinajstić information content (AvgIpc) is 2.87. The number of sulfone groups is 1. The highest BCUT2D eigenvalue weighted by atomic mass is 32.2. The number of rotatable bonds is 4. The first kappa shape index (κ1) is 15.9. The maximum atomic E-state index is 11.8. The number of aromatic nitrogens is 3. The molecule has 0 saturated heterocycles. The van der Waals surface area contributed by atoms with Gasteiger partial charge in [-0.1, -0.05) is 0 Å². The van der Waals surface area contributed by atoms with Crippen molar-refractivity contribution in [3.05, 3.63) is 41.7 Å². The minimum atomic E-state index is -3.37. The molecule has 0 aliphatic heterocycles. The highest BCUT2D eigenvalue weighted by Crippen LogP contribution is 2.28. The minimum absolute atomic E-state index is 0.0271. The van der Waals surface area contributed by atoms with Gasteiger partial charge in [0.2, 0.25) is 0 Å². The number of nitrogens with one attached hydrogen (secondary N) is 2. The van der Waals surface area contributed by atoms with Crippen molar-refractivity contribution in [3.63, 3.8) is 0 Å². The summed E-state index contributed by atoms with van der Waals surface area (Å²) in [6.07, 6.45) is 2.67. The molecule has 0 amide bonds. The van der Waals surface area contributed by atoms with Gasteiger partial charge in [-0.05, 0) is 31.2 Å². The molecule has 0 saturated carbocycles. The van der Waals surface area contributed by atoms with E-state index in [2.05, 4.69) is 20.5 Å². The number of nitrogens with zero attached hydrogens (tertiary/aromatic N) is 2. The number of fused-ring (bicyclic) bond motifs is 1. The van der Waals surface area contributed by atoms with E-state index < -0.39 is 15.8 Å². The zero-order chi connectivity index (χ0) is 17.5. The number of H-pyrrole nitrogens is 1. The SMILES string of the molecule is Cc1[nH]nc(Nc2ccnc3ccc(S(C)(=O)=O)cc23)c1C(=O)O. The number of carboxylic acid groups (broad SMARTS) is 1. The van der Waals surface area contributed by atoms with Gasteiger partial charge in [-0.2, -0.15) is 5.10 Å². The molecule has 0 bridgehead atoms. The van der Waals surface area contributed by atoms with Gasteiger partial charge in [-0.25, -0.2) is 13.2 Å². The van der Waals surface area contributed by atoms with Crippen molar-refractivity contribution in [2.45, 2.75) is 11.8 Å². The second-order valence-corrected chi connectivity index (χ2v) is 7.33. The molecule has 0 fully saturated rings. The van der Waals surface area contributed by atoms with Crippen molar-refractivity contribution in [1.82, 2.24) is 15.2 Å². The number of aryl methyl sites for hydroxylation is 1. The lowest BCUT2D eigenvalue weighted by Crippen LogP contribution is -2.03. The molecule has 9 heteroatoms. The number of pyridine rings is 1. The quantitative estimate of drug-likeness (QED) is 0.660. The van der Waals surface area contributed by atoms with E-state index >= 15 is 0 Å². The van der Waals surface area contributed by atoms with Gasteiger partial charge in [0.05, 0.1) is 16.1 Å². The molecule has 0 aliphatic rings. The van der Waals surface area contributed by atoms with Crippen LogP contribution in [0.15, 0.2) is 35.4 Å². The molecule has 2 aromatic heterocycles. The van der Waals surface area contributed by atoms with Gasteiger partial charge in [-0.15, -0.1) is 0 Å². The van der Waals surface area contributed by atoms with Crippen molar-refractivity contribution in [2.24, 2.45) is 0 Å². The number of aromatic amines is 1. The predicted molar refractivity (Wildman–Crippen MR) is 88.4 cm³/mol. The van der Waals surface area contributed by atoms with Crippen LogP contribution in [-0.4, -0.2) is 40.9 Å². The second-order valence-electron chi connectivity index (χ2n) is 5.31. The van der Waals surface area contributed by atoms with E-state index in [-0.39, 0.29) is 16.3 Å². The number of benzene rings is 1. The Labute approximate surface area is 137 Å². The fourth-order valence-corrected chi connectivity index (χ4v) is 3.02. The highest BCUT2D eigenvalue weighted by Gasteiger charge is 2.18. The number of carbonyl (C=O) groups is 1. The predicted octanol–water partition coefficient (Wildman–Crippen LogP) is 2.11. The van der Waals surface area contributed by atoms with Crippen LogP contribution >= 0.6 is 0 Å². The third kappa shape index (κ3) is 2.81. The third-order valence-corrected chi connectivity index (χ3v) is 4.67. The van der Waals surface area contributed by atoms with E-state index in [9.17, 15) is 18.3 Å². The molecule has 0 unspecified atom stereocenters. The molecule has 0 atom stereocenters. The fourth-order valence-electron chi connectivity index (χ4n) is 2.37. The van der Waals surface area contributed by atoms with Gasteiger partial charge >= 0.3 is 5.97 Å². The number of hydrogen-bond acceptors (Lipinski definition) is 6. The van der Waals surface area contributed by atoms with E-state index in [1.54, 1.807) is 25.3 Å². The summed E-state index contributed by atoms with van der Waals surface area (Å²) in [5, 5.41) is 19.3. The molecule has 124 valence electrons. The van der Waals surface area contributed by atoms with Crippen molar-refractivity contribution in [1.29, 1.82) is 0 Å². The van der Waals surface area contributed by atoms with Gasteiger partial charge in [0.25, 0.3) is 0 Å². The van der Waals surface area contributed by atoms with Crippen LogP contribution in [0.2, 0.25) is 0 Å². The Balaban J connectivity index is 2.15. The molecule has 3 aromatic rings. The smallest absolute Gasteiger partial charge is 0.341 e. The Hall–Kier alpha value is -2.94.